The molecule has 0 atom stereocenters. The van der Waals surface area contributed by atoms with E-state index in [0.717, 1.165) is 24.9 Å². The normalized spacial score (nSPS) is 15.3. The second-order valence-corrected chi connectivity index (χ2v) is 5.91. The number of aromatic carboxylic acids is 1. The summed E-state index contributed by atoms with van der Waals surface area (Å²) in [6, 6.07) is 7.15. The van der Waals surface area contributed by atoms with E-state index in [-0.39, 0.29) is 5.56 Å². The zero-order valence-electron chi connectivity index (χ0n) is 14.6. The molecule has 0 spiro atoms. The van der Waals surface area contributed by atoms with Gasteiger partial charge in [0.15, 0.2) is 5.82 Å². The van der Waals surface area contributed by atoms with E-state index in [9.17, 15) is 9.90 Å². The molecule has 2 aromatic rings. The Morgan fingerprint density at radius 2 is 2.12 bits per heavy atom. The number of morpholine rings is 1. The second kappa shape index (κ2) is 7.67. The van der Waals surface area contributed by atoms with E-state index in [1.807, 2.05) is 17.1 Å². The van der Waals surface area contributed by atoms with Crippen molar-refractivity contribution in [3.8, 4) is 5.75 Å². The third-order valence-electron chi connectivity index (χ3n) is 4.24. The Balaban J connectivity index is 2.11. The topological polar surface area (TPSA) is 75.1 Å². The number of rotatable bonds is 6. The first-order chi connectivity index (χ1) is 12.1. The number of hydrogen-bond donors (Lipinski definition) is 1. The number of carbonyl (C=O) groups is 1. The molecule has 1 aromatic carbocycles. The summed E-state index contributed by atoms with van der Waals surface area (Å²) in [7, 11) is 1.60. The minimum Gasteiger partial charge on any atom is -0.497 e. The van der Waals surface area contributed by atoms with Crippen LogP contribution in [0.15, 0.2) is 24.3 Å². The molecule has 0 radical (unpaired) electrons. The fourth-order valence-electron chi connectivity index (χ4n) is 3.01. The summed E-state index contributed by atoms with van der Waals surface area (Å²) in [5.74, 6) is 0.189. The van der Waals surface area contributed by atoms with Crippen molar-refractivity contribution in [1.29, 1.82) is 0 Å². The smallest absolute Gasteiger partial charge is 0.339 e. The van der Waals surface area contributed by atoms with Crippen molar-refractivity contribution in [2.75, 3.05) is 45.0 Å². The van der Waals surface area contributed by atoms with Crippen LogP contribution in [-0.2, 0) is 4.74 Å². The van der Waals surface area contributed by atoms with Crippen LogP contribution < -0.4 is 9.75 Å². The summed E-state index contributed by atoms with van der Waals surface area (Å²) in [6.07, 6.45) is 0.883. The number of hydrazine groups is 1. The van der Waals surface area contributed by atoms with Crippen LogP contribution in [0.25, 0.3) is 10.9 Å². The molecule has 1 aliphatic heterocycles. The van der Waals surface area contributed by atoms with Crippen LogP contribution in [0.2, 0.25) is 0 Å². The Hall–Kier alpha value is -2.38. The maximum atomic E-state index is 11.8. The fourth-order valence-corrected chi connectivity index (χ4v) is 3.01. The van der Waals surface area contributed by atoms with Crippen molar-refractivity contribution in [3.63, 3.8) is 0 Å². The van der Waals surface area contributed by atoms with E-state index in [4.69, 9.17) is 9.47 Å². The summed E-state index contributed by atoms with van der Waals surface area (Å²) in [4.78, 5) is 16.5. The summed E-state index contributed by atoms with van der Waals surface area (Å²) >= 11 is 0. The second-order valence-electron chi connectivity index (χ2n) is 5.91. The number of carboxylic acid groups (broad SMARTS) is 1. The molecule has 1 aromatic heterocycles. The maximum Gasteiger partial charge on any atom is 0.339 e. The molecule has 0 bridgehead atoms. The van der Waals surface area contributed by atoms with Crippen molar-refractivity contribution in [3.05, 3.63) is 29.8 Å². The summed E-state index contributed by atoms with van der Waals surface area (Å²) in [5.41, 5.74) is 0.923. The molecule has 25 heavy (non-hydrogen) atoms. The van der Waals surface area contributed by atoms with Gasteiger partial charge in [0, 0.05) is 31.1 Å². The lowest BCUT2D eigenvalue weighted by Gasteiger charge is -2.38. The van der Waals surface area contributed by atoms with Crippen LogP contribution in [-0.4, -0.2) is 61.0 Å². The number of hydrogen-bond acceptors (Lipinski definition) is 6. The van der Waals surface area contributed by atoms with Gasteiger partial charge < -0.3 is 14.6 Å². The third kappa shape index (κ3) is 3.67. The molecule has 3 rings (SSSR count). The fraction of sp³-hybridized carbons (Fsp3) is 0.444. The lowest BCUT2D eigenvalue weighted by molar-refractivity contribution is 0.0310. The monoisotopic (exact) mass is 345 g/mol. The molecular formula is C18H23N3O4. The first-order valence-electron chi connectivity index (χ1n) is 8.46. The van der Waals surface area contributed by atoms with E-state index in [2.05, 4.69) is 16.9 Å². The number of methoxy groups -OCH3 is 1. The summed E-state index contributed by atoms with van der Waals surface area (Å²) < 4.78 is 10.7. The Morgan fingerprint density at radius 3 is 2.76 bits per heavy atom. The molecule has 0 saturated carbocycles. The van der Waals surface area contributed by atoms with Crippen LogP contribution in [0.1, 0.15) is 23.7 Å². The van der Waals surface area contributed by atoms with Crippen molar-refractivity contribution in [1.82, 2.24) is 9.99 Å². The quantitative estimate of drug-likeness (QED) is 0.861. The minimum atomic E-state index is -0.977. The van der Waals surface area contributed by atoms with Crippen LogP contribution in [0.3, 0.4) is 0 Å². The van der Waals surface area contributed by atoms with Crippen molar-refractivity contribution in [2.45, 2.75) is 13.3 Å². The molecule has 7 heteroatoms. The Morgan fingerprint density at radius 1 is 1.36 bits per heavy atom. The third-order valence-corrected chi connectivity index (χ3v) is 4.24. The number of carboxylic acids is 1. The number of nitrogens with zero attached hydrogens (tertiary/aromatic N) is 3. The van der Waals surface area contributed by atoms with Gasteiger partial charge in [-0.15, -0.1) is 0 Å². The number of aromatic nitrogens is 1. The van der Waals surface area contributed by atoms with Crippen LogP contribution >= 0.6 is 0 Å². The highest BCUT2D eigenvalue weighted by Crippen LogP contribution is 2.28. The average molecular weight is 345 g/mol. The Kier molecular flexibility index (Phi) is 5.35. The highest BCUT2D eigenvalue weighted by molar-refractivity contribution is 5.98. The highest BCUT2D eigenvalue weighted by atomic mass is 16.5. The SMILES string of the molecule is CCCN(c1nc2cc(OC)ccc2cc1C(=O)O)N1CCOCC1. The summed E-state index contributed by atoms with van der Waals surface area (Å²) in [5, 5.41) is 14.6. The molecule has 7 nitrogen and oxygen atoms in total. The first-order valence-corrected chi connectivity index (χ1v) is 8.46. The number of fused-ring (bicyclic) bond motifs is 1. The Labute approximate surface area is 146 Å². The molecule has 2 heterocycles. The molecule has 1 saturated heterocycles. The van der Waals surface area contributed by atoms with Gasteiger partial charge >= 0.3 is 5.97 Å². The van der Waals surface area contributed by atoms with Gasteiger partial charge in [0.1, 0.15) is 11.3 Å². The predicted molar refractivity (Wildman–Crippen MR) is 95.3 cm³/mol. The molecule has 0 aliphatic carbocycles. The molecule has 1 fully saturated rings. The number of anilines is 1. The van der Waals surface area contributed by atoms with Gasteiger partial charge in [0.25, 0.3) is 0 Å². The molecule has 0 amide bonds. The molecule has 1 N–H and O–H groups in total. The van der Waals surface area contributed by atoms with Gasteiger partial charge in [-0.2, -0.15) is 0 Å². The minimum absolute atomic E-state index is 0.206. The van der Waals surface area contributed by atoms with Crippen LogP contribution in [0, 0.1) is 0 Å². The largest absolute Gasteiger partial charge is 0.497 e. The van der Waals surface area contributed by atoms with Crippen LogP contribution in [0.5, 0.6) is 5.75 Å². The molecule has 134 valence electrons. The zero-order valence-corrected chi connectivity index (χ0v) is 14.6. The van der Waals surface area contributed by atoms with Gasteiger partial charge in [0.2, 0.25) is 0 Å². The van der Waals surface area contributed by atoms with E-state index in [0.29, 0.717) is 36.8 Å². The number of benzene rings is 1. The molecular weight excluding hydrogens is 322 g/mol. The van der Waals surface area contributed by atoms with E-state index < -0.39 is 5.97 Å². The predicted octanol–water partition coefficient (Wildman–Crippen LogP) is 2.41. The van der Waals surface area contributed by atoms with Gasteiger partial charge in [-0.05, 0) is 24.6 Å². The first kappa shape index (κ1) is 17.4. The van der Waals surface area contributed by atoms with Crippen molar-refractivity contribution >= 4 is 22.7 Å². The highest BCUT2D eigenvalue weighted by Gasteiger charge is 2.25. The zero-order chi connectivity index (χ0) is 17.8. The molecule has 0 unspecified atom stereocenters. The Bertz CT molecular complexity index is 759. The number of pyridine rings is 1. The van der Waals surface area contributed by atoms with E-state index in [1.165, 1.54) is 0 Å². The summed E-state index contributed by atoms with van der Waals surface area (Å²) in [6.45, 7) is 5.46. The van der Waals surface area contributed by atoms with Gasteiger partial charge in [-0.3, -0.25) is 5.01 Å². The van der Waals surface area contributed by atoms with Gasteiger partial charge in [-0.1, -0.05) is 6.92 Å². The number of ether oxygens (including phenoxy) is 2. The lowest BCUT2D eigenvalue weighted by atomic mass is 10.1. The van der Waals surface area contributed by atoms with Gasteiger partial charge in [0.05, 0.1) is 25.8 Å². The lowest BCUT2D eigenvalue weighted by Crippen LogP contribution is -2.50. The average Bonchev–Trinajstić information content (AvgIpc) is 2.65. The van der Waals surface area contributed by atoms with Crippen molar-refractivity contribution < 1.29 is 19.4 Å². The van der Waals surface area contributed by atoms with Crippen molar-refractivity contribution in [2.24, 2.45) is 0 Å². The van der Waals surface area contributed by atoms with E-state index in [1.54, 1.807) is 19.2 Å². The van der Waals surface area contributed by atoms with E-state index >= 15 is 0 Å². The maximum absolute atomic E-state index is 11.8. The standard InChI is InChI=1S/C18H23N3O4/c1-3-6-21(20-7-9-25-10-8-20)17-15(18(22)23)11-13-4-5-14(24-2)12-16(13)19-17/h4-5,11-12H,3,6-10H2,1-2H3,(H,22,23). The van der Waals surface area contributed by atoms with Crippen LogP contribution in [0.4, 0.5) is 5.82 Å². The van der Waals surface area contributed by atoms with Gasteiger partial charge in [-0.25, -0.2) is 14.8 Å². The molecule has 1 aliphatic rings.